The van der Waals surface area contributed by atoms with Gasteiger partial charge in [0, 0.05) is 0 Å². The number of aliphatic hydroxyl groups is 1. The number of aldehydes is 1. The van der Waals surface area contributed by atoms with E-state index < -0.39 is 0 Å². The molecule has 18 heavy (non-hydrogen) atoms. The molecule has 2 N–H and O–H groups in total. The molecule has 0 saturated heterocycles. The number of phenolic OH excluding ortho intramolecular Hbond substituents is 1. The van der Waals surface area contributed by atoms with Gasteiger partial charge in [-0.25, -0.2) is 0 Å². The van der Waals surface area contributed by atoms with E-state index in [1.807, 2.05) is 25.1 Å². The van der Waals surface area contributed by atoms with Gasteiger partial charge in [-0.15, -0.1) is 0 Å². The van der Waals surface area contributed by atoms with Crippen LogP contribution in [0.5, 0.6) is 5.75 Å². The lowest BCUT2D eigenvalue weighted by atomic mass is 9.94. The summed E-state index contributed by atoms with van der Waals surface area (Å²) in [5, 5.41) is 18.8. The van der Waals surface area contributed by atoms with Gasteiger partial charge in [0.05, 0.1) is 6.61 Å². The highest BCUT2D eigenvalue weighted by atomic mass is 16.3. The zero-order valence-corrected chi connectivity index (χ0v) is 10.9. The van der Waals surface area contributed by atoms with E-state index in [0.29, 0.717) is 5.56 Å². The number of benzene rings is 1. The Morgan fingerprint density at radius 3 is 2.72 bits per heavy atom. The predicted molar refractivity (Wildman–Crippen MR) is 71.5 cm³/mol. The first-order chi connectivity index (χ1) is 8.58. The average Bonchev–Trinajstić information content (AvgIpc) is 2.37. The Labute approximate surface area is 108 Å². The molecule has 3 nitrogen and oxygen atoms in total. The summed E-state index contributed by atoms with van der Waals surface area (Å²) < 4.78 is 0. The highest BCUT2D eigenvalue weighted by Crippen LogP contribution is 2.29. The van der Waals surface area contributed by atoms with Crippen molar-refractivity contribution in [2.75, 3.05) is 0 Å². The van der Waals surface area contributed by atoms with E-state index in [2.05, 4.69) is 0 Å². The minimum Gasteiger partial charge on any atom is -0.508 e. The maximum absolute atomic E-state index is 10.4. The highest BCUT2D eigenvalue weighted by molar-refractivity contribution is 5.71. The quantitative estimate of drug-likeness (QED) is 0.601. The molecule has 0 aliphatic rings. The minimum absolute atomic E-state index is 0.0660. The molecule has 1 aromatic carbocycles. The smallest absolute Gasteiger partial charge is 0.145 e. The number of phenols is 1. The molecule has 0 fully saturated rings. The Hall–Kier alpha value is -1.61. The molecule has 0 amide bonds. The van der Waals surface area contributed by atoms with E-state index in [9.17, 15) is 9.90 Å². The van der Waals surface area contributed by atoms with Crippen molar-refractivity contribution in [2.24, 2.45) is 0 Å². The van der Waals surface area contributed by atoms with Crippen molar-refractivity contribution in [1.82, 2.24) is 0 Å². The minimum atomic E-state index is -0.0660. The lowest BCUT2D eigenvalue weighted by Gasteiger charge is -2.13. The molecule has 0 bridgehead atoms. The van der Waals surface area contributed by atoms with E-state index >= 15 is 0 Å². The number of carbonyl (C=O) groups is 1. The number of aromatic hydroxyl groups is 1. The third-order valence-corrected chi connectivity index (χ3v) is 3.06. The normalized spacial score (nSPS) is 13.4. The average molecular weight is 248 g/mol. The van der Waals surface area contributed by atoms with Gasteiger partial charge in [-0.3, -0.25) is 4.79 Å². The van der Waals surface area contributed by atoms with Crippen LogP contribution in [0.3, 0.4) is 0 Å². The predicted octanol–water partition coefficient (Wildman–Crippen LogP) is 2.91. The van der Waals surface area contributed by atoms with Gasteiger partial charge in [0.1, 0.15) is 12.0 Å². The standard InChI is InChI=1S/C15H20O3/c1-11(9-16)4-3-5-12(2)14-7-6-13(10-17)8-15(14)18/h4,6-9,12,17-18H,3,5,10H2,1-2H3/b11-4+/t12-/m0/s1. The Kier molecular flexibility index (Phi) is 5.59. The molecule has 98 valence electrons. The first-order valence-corrected chi connectivity index (χ1v) is 6.13. The molecule has 0 heterocycles. The lowest BCUT2D eigenvalue weighted by Crippen LogP contribution is -1.95. The van der Waals surface area contributed by atoms with Crippen molar-refractivity contribution in [2.45, 2.75) is 39.2 Å². The summed E-state index contributed by atoms with van der Waals surface area (Å²) in [5.74, 6) is 0.443. The first kappa shape index (κ1) is 14.5. The van der Waals surface area contributed by atoms with Gasteiger partial charge in [-0.1, -0.05) is 25.1 Å². The van der Waals surface area contributed by atoms with E-state index in [4.69, 9.17) is 5.11 Å². The number of allylic oxidation sites excluding steroid dienone is 2. The Morgan fingerprint density at radius 2 is 2.17 bits per heavy atom. The summed E-state index contributed by atoms with van der Waals surface area (Å²) in [6.07, 6.45) is 4.44. The SMILES string of the molecule is C/C(C=O)=C\CC[C@H](C)c1ccc(CO)cc1O. The zero-order valence-electron chi connectivity index (χ0n) is 10.9. The van der Waals surface area contributed by atoms with Gasteiger partial charge in [0.25, 0.3) is 0 Å². The van der Waals surface area contributed by atoms with Gasteiger partial charge in [0.15, 0.2) is 0 Å². The van der Waals surface area contributed by atoms with Crippen LogP contribution in [-0.4, -0.2) is 16.5 Å². The number of aliphatic hydroxyl groups excluding tert-OH is 1. The second-order valence-electron chi connectivity index (χ2n) is 4.60. The fraction of sp³-hybridized carbons (Fsp3) is 0.400. The molecule has 0 aromatic heterocycles. The van der Waals surface area contributed by atoms with Crippen LogP contribution in [0.4, 0.5) is 0 Å². The van der Waals surface area contributed by atoms with Crippen LogP contribution in [0.25, 0.3) is 0 Å². The van der Waals surface area contributed by atoms with Crippen LogP contribution in [0.2, 0.25) is 0 Å². The molecule has 0 aliphatic carbocycles. The van der Waals surface area contributed by atoms with Crippen molar-refractivity contribution < 1.29 is 15.0 Å². The van der Waals surface area contributed by atoms with Crippen LogP contribution in [0, 0.1) is 0 Å². The van der Waals surface area contributed by atoms with Gasteiger partial charge < -0.3 is 10.2 Å². The Morgan fingerprint density at radius 1 is 1.44 bits per heavy atom. The Balaban J connectivity index is 2.67. The number of hydrogen-bond donors (Lipinski definition) is 2. The molecule has 1 aromatic rings. The molecular formula is C15H20O3. The van der Waals surface area contributed by atoms with Crippen molar-refractivity contribution >= 4 is 6.29 Å². The van der Waals surface area contributed by atoms with Crippen LogP contribution < -0.4 is 0 Å². The van der Waals surface area contributed by atoms with E-state index in [-0.39, 0.29) is 18.3 Å². The van der Waals surface area contributed by atoms with E-state index in [1.54, 1.807) is 13.0 Å². The third kappa shape index (κ3) is 4.00. The zero-order chi connectivity index (χ0) is 13.5. The Bertz CT molecular complexity index is 435. The van der Waals surface area contributed by atoms with Gasteiger partial charge in [-0.2, -0.15) is 0 Å². The highest BCUT2D eigenvalue weighted by Gasteiger charge is 2.10. The molecule has 0 spiro atoms. The summed E-state index contributed by atoms with van der Waals surface area (Å²) >= 11 is 0. The monoisotopic (exact) mass is 248 g/mol. The van der Waals surface area contributed by atoms with Gasteiger partial charge >= 0.3 is 0 Å². The third-order valence-electron chi connectivity index (χ3n) is 3.06. The van der Waals surface area contributed by atoms with Crippen molar-refractivity contribution in [1.29, 1.82) is 0 Å². The van der Waals surface area contributed by atoms with Crippen LogP contribution in [0.1, 0.15) is 43.7 Å². The van der Waals surface area contributed by atoms with Crippen molar-refractivity contribution in [3.05, 3.63) is 41.0 Å². The fourth-order valence-corrected chi connectivity index (χ4v) is 1.87. The largest absolute Gasteiger partial charge is 0.508 e. The maximum atomic E-state index is 10.4. The van der Waals surface area contributed by atoms with Crippen molar-refractivity contribution in [3.8, 4) is 5.75 Å². The number of carbonyl (C=O) groups excluding carboxylic acids is 1. The topological polar surface area (TPSA) is 57.5 Å². The van der Waals surface area contributed by atoms with E-state index in [1.165, 1.54) is 0 Å². The van der Waals surface area contributed by atoms with Crippen LogP contribution in [0.15, 0.2) is 29.8 Å². The second-order valence-corrected chi connectivity index (χ2v) is 4.60. The van der Waals surface area contributed by atoms with E-state index in [0.717, 1.165) is 30.3 Å². The summed E-state index contributed by atoms with van der Waals surface area (Å²) in [5.41, 5.74) is 2.33. The first-order valence-electron chi connectivity index (χ1n) is 6.13. The molecule has 1 rings (SSSR count). The molecule has 0 aliphatic heterocycles. The number of hydrogen-bond acceptors (Lipinski definition) is 3. The lowest BCUT2D eigenvalue weighted by molar-refractivity contribution is -0.104. The fourth-order valence-electron chi connectivity index (χ4n) is 1.87. The van der Waals surface area contributed by atoms with Gasteiger partial charge in [0.2, 0.25) is 0 Å². The van der Waals surface area contributed by atoms with Crippen molar-refractivity contribution in [3.63, 3.8) is 0 Å². The van der Waals surface area contributed by atoms with Crippen LogP contribution >= 0.6 is 0 Å². The summed E-state index contributed by atoms with van der Waals surface area (Å²) in [7, 11) is 0. The molecule has 0 radical (unpaired) electrons. The molecule has 0 saturated carbocycles. The molecule has 3 heteroatoms. The summed E-state index contributed by atoms with van der Waals surface area (Å²) in [4.78, 5) is 10.4. The molecular weight excluding hydrogens is 228 g/mol. The summed E-state index contributed by atoms with van der Waals surface area (Å²) in [6, 6.07) is 5.26. The number of rotatable bonds is 6. The maximum Gasteiger partial charge on any atom is 0.145 e. The van der Waals surface area contributed by atoms with Crippen LogP contribution in [-0.2, 0) is 11.4 Å². The summed E-state index contributed by atoms with van der Waals surface area (Å²) in [6.45, 7) is 3.76. The molecule has 1 atom stereocenters. The van der Waals surface area contributed by atoms with Gasteiger partial charge in [-0.05, 0) is 48.4 Å². The molecule has 0 unspecified atom stereocenters. The second kappa shape index (κ2) is 6.97.